The highest BCUT2D eigenvalue weighted by atomic mass is 35.5. The second-order valence-corrected chi connectivity index (χ2v) is 3.24. The minimum absolute atomic E-state index is 0. The van der Waals surface area contributed by atoms with E-state index in [-0.39, 0.29) is 24.4 Å². The highest BCUT2D eigenvalue weighted by molar-refractivity contribution is 5.85. The molecule has 0 unspecified atom stereocenters. The predicted octanol–water partition coefficient (Wildman–Crippen LogP) is 0.638. The van der Waals surface area contributed by atoms with Crippen LogP contribution in [0.1, 0.15) is 19.3 Å². The van der Waals surface area contributed by atoms with Crippen LogP contribution in [0.4, 0.5) is 0 Å². The number of rotatable bonds is 1. The van der Waals surface area contributed by atoms with Gasteiger partial charge in [0.2, 0.25) is 5.91 Å². The molecule has 0 aromatic rings. The number of halogens is 1. The third-order valence-electron chi connectivity index (χ3n) is 2.05. The van der Waals surface area contributed by atoms with Gasteiger partial charge in [0.25, 0.3) is 0 Å². The average Bonchev–Trinajstić information content (AvgIpc) is 2.05. The summed E-state index contributed by atoms with van der Waals surface area (Å²) in [4.78, 5) is 13.0. The van der Waals surface area contributed by atoms with Crippen molar-refractivity contribution in [2.24, 2.45) is 0 Å². The lowest BCUT2D eigenvalue weighted by Gasteiger charge is -2.25. The molecule has 0 saturated carbocycles. The molecule has 4 heteroatoms. The van der Waals surface area contributed by atoms with Gasteiger partial charge in [0, 0.05) is 14.1 Å². The Morgan fingerprint density at radius 2 is 2.08 bits per heavy atom. The van der Waals surface area contributed by atoms with Crippen LogP contribution in [-0.2, 0) is 4.79 Å². The molecule has 1 fully saturated rings. The van der Waals surface area contributed by atoms with Gasteiger partial charge in [-0.05, 0) is 19.4 Å². The van der Waals surface area contributed by atoms with E-state index in [2.05, 4.69) is 5.32 Å². The van der Waals surface area contributed by atoms with Crippen LogP contribution in [-0.4, -0.2) is 37.5 Å². The molecule has 0 spiro atoms. The average molecular weight is 193 g/mol. The molecule has 72 valence electrons. The van der Waals surface area contributed by atoms with E-state index in [1.807, 2.05) is 0 Å². The fourth-order valence-corrected chi connectivity index (χ4v) is 1.37. The van der Waals surface area contributed by atoms with Crippen molar-refractivity contribution in [3.8, 4) is 0 Å². The number of carbonyl (C=O) groups excluding carboxylic acids is 1. The SMILES string of the molecule is CN(C)C(=O)[C@@H]1CCCCN1.Cl. The highest BCUT2D eigenvalue weighted by Crippen LogP contribution is 2.07. The van der Waals surface area contributed by atoms with Crippen LogP contribution in [0, 0.1) is 0 Å². The maximum absolute atomic E-state index is 11.4. The Labute approximate surface area is 79.9 Å². The van der Waals surface area contributed by atoms with E-state index >= 15 is 0 Å². The molecular weight excluding hydrogens is 176 g/mol. The molecule has 1 heterocycles. The zero-order valence-corrected chi connectivity index (χ0v) is 8.49. The van der Waals surface area contributed by atoms with Crippen LogP contribution >= 0.6 is 12.4 Å². The second kappa shape index (κ2) is 5.38. The van der Waals surface area contributed by atoms with E-state index < -0.39 is 0 Å². The first-order valence-electron chi connectivity index (χ1n) is 4.16. The second-order valence-electron chi connectivity index (χ2n) is 3.24. The molecule has 12 heavy (non-hydrogen) atoms. The third-order valence-corrected chi connectivity index (χ3v) is 2.05. The Morgan fingerprint density at radius 1 is 1.42 bits per heavy atom. The van der Waals surface area contributed by atoms with Crippen LogP contribution in [0.5, 0.6) is 0 Å². The Kier molecular flexibility index (Phi) is 5.25. The lowest BCUT2D eigenvalue weighted by molar-refractivity contribution is -0.131. The van der Waals surface area contributed by atoms with Crippen molar-refractivity contribution in [2.45, 2.75) is 25.3 Å². The highest BCUT2D eigenvalue weighted by Gasteiger charge is 2.21. The van der Waals surface area contributed by atoms with E-state index in [1.54, 1.807) is 19.0 Å². The van der Waals surface area contributed by atoms with Crippen molar-refractivity contribution < 1.29 is 4.79 Å². The quantitative estimate of drug-likeness (QED) is 0.662. The minimum Gasteiger partial charge on any atom is -0.347 e. The van der Waals surface area contributed by atoms with Crippen molar-refractivity contribution in [2.75, 3.05) is 20.6 Å². The van der Waals surface area contributed by atoms with Gasteiger partial charge < -0.3 is 10.2 Å². The predicted molar refractivity (Wildman–Crippen MR) is 51.6 cm³/mol. The maximum atomic E-state index is 11.4. The Balaban J connectivity index is 0.00000121. The van der Waals surface area contributed by atoms with E-state index in [1.165, 1.54) is 12.8 Å². The first-order chi connectivity index (χ1) is 5.22. The molecular formula is C8H17ClN2O. The summed E-state index contributed by atoms with van der Waals surface area (Å²) in [6.45, 7) is 0.990. The molecule has 0 aromatic heterocycles. The molecule has 0 aliphatic carbocycles. The molecule has 1 aliphatic rings. The summed E-state index contributed by atoms with van der Waals surface area (Å²) in [5.74, 6) is 0.213. The number of likely N-dealkylation sites (N-methyl/N-ethyl adjacent to an activating group) is 1. The van der Waals surface area contributed by atoms with Gasteiger partial charge in [0.1, 0.15) is 0 Å². The summed E-state index contributed by atoms with van der Waals surface area (Å²) < 4.78 is 0. The van der Waals surface area contributed by atoms with E-state index in [0.29, 0.717) is 0 Å². The summed E-state index contributed by atoms with van der Waals surface area (Å²) in [6.07, 6.45) is 3.38. The monoisotopic (exact) mass is 192 g/mol. The zero-order valence-electron chi connectivity index (χ0n) is 7.67. The molecule has 0 aromatic carbocycles. The van der Waals surface area contributed by atoms with Crippen molar-refractivity contribution in [1.82, 2.24) is 10.2 Å². The summed E-state index contributed by atoms with van der Waals surface area (Å²) in [7, 11) is 3.61. The fourth-order valence-electron chi connectivity index (χ4n) is 1.37. The van der Waals surface area contributed by atoms with Crippen molar-refractivity contribution in [1.29, 1.82) is 0 Å². The Hall–Kier alpha value is -0.280. The molecule has 0 bridgehead atoms. The van der Waals surface area contributed by atoms with Gasteiger partial charge in [-0.25, -0.2) is 0 Å². The Morgan fingerprint density at radius 3 is 2.50 bits per heavy atom. The minimum atomic E-state index is 0. The summed E-state index contributed by atoms with van der Waals surface area (Å²) in [5, 5.41) is 3.21. The fraction of sp³-hybridized carbons (Fsp3) is 0.875. The van der Waals surface area contributed by atoms with Gasteiger partial charge in [-0.15, -0.1) is 12.4 Å². The van der Waals surface area contributed by atoms with Gasteiger partial charge in [-0.3, -0.25) is 4.79 Å². The Bertz CT molecular complexity index is 144. The van der Waals surface area contributed by atoms with E-state index in [0.717, 1.165) is 13.0 Å². The van der Waals surface area contributed by atoms with Crippen molar-refractivity contribution in [3.63, 3.8) is 0 Å². The summed E-state index contributed by atoms with van der Waals surface area (Å²) >= 11 is 0. The van der Waals surface area contributed by atoms with Gasteiger partial charge in [-0.2, -0.15) is 0 Å². The molecule has 1 aliphatic heterocycles. The first-order valence-corrected chi connectivity index (χ1v) is 4.16. The number of hydrogen-bond acceptors (Lipinski definition) is 2. The number of nitrogens with one attached hydrogen (secondary N) is 1. The first kappa shape index (κ1) is 11.7. The molecule has 1 rings (SSSR count). The standard InChI is InChI=1S/C8H16N2O.ClH/c1-10(2)8(11)7-5-3-4-6-9-7;/h7,9H,3-6H2,1-2H3;1H/t7-;/m0./s1. The lowest BCUT2D eigenvalue weighted by Crippen LogP contribution is -2.45. The van der Waals surface area contributed by atoms with Crippen LogP contribution in [0.2, 0.25) is 0 Å². The molecule has 3 nitrogen and oxygen atoms in total. The van der Waals surface area contributed by atoms with Crippen LogP contribution in [0.3, 0.4) is 0 Å². The van der Waals surface area contributed by atoms with Gasteiger partial charge in [-0.1, -0.05) is 6.42 Å². The van der Waals surface area contributed by atoms with Crippen LogP contribution < -0.4 is 5.32 Å². The number of carbonyl (C=O) groups is 1. The smallest absolute Gasteiger partial charge is 0.239 e. The van der Waals surface area contributed by atoms with Crippen LogP contribution in [0.15, 0.2) is 0 Å². The molecule has 1 N–H and O–H groups in total. The normalized spacial score (nSPS) is 22.7. The van der Waals surface area contributed by atoms with Gasteiger partial charge in [0.05, 0.1) is 6.04 Å². The lowest BCUT2D eigenvalue weighted by atomic mass is 10.0. The zero-order chi connectivity index (χ0) is 8.27. The van der Waals surface area contributed by atoms with E-state index in [9.17, 15) is 4.79 Å². The largest absolute Gasteiger partial charge is 0.347 e. The summed E-state index contributed by atoms with van der Waals surface area (Å²) in [5.41, 5.74) is 0. The third kappa shape index (κ3) is 2.99. The molecule has 1 saturated heterocycles. The topological polar surface area (TPSA) is 32.3 Å². The van der Waals surface area contributed by atoms with Gasteiger partial charge in [0.15, 0.2) is 0 Å². The molecule has 0 radical (unpaired) electrons. The number of amides is 1. The van der Waals surface area contributed by atoms with Crippen molar-refractivity contribution in [3.05, 3.63) is 0 Å². The van der Waals surface area contributed by atoms with Gasteiger partial charge >= 0.3 is 0 Å². The van der Waals surface area contributed by atoms with E-state index in [4.69, 9.17) is 0 Å². The number of piperidine rings is 1. The number of hydrogen-bond donors (Lipinski definition) is 1. The van der Waals surface area contributed by atoms with Crippen molar-refractivity contribution >= 4 is 18.3 Å². The maximum Gasteiger partial charge on any atom is 0.239 e. The molecule has 1 amide bonds. The summed E-state index contributed by atoms with van der Waals surface area (Å²) in [6, 6.07) is 0.0822. The molecule has 1 atom stereocenters. The number of nitrogens with zero attached hydrogens (tertiary/aromatic N) is 1. The van der Waals surface area contributed by atoms with Crippen LogP contribution in [0.25, 0.3) is 0 Å².